The molecule has 36 heavy (non-hydrogen) atoms. The van der Waals surface area contributed by atoms with Crippen LogP contribution in [-0.4, -0.2) is 29.2 Å². The average Bonchev–Trinajstić information content (AvgIpc) is 2.79. The van der Waals surface area contributed by atoms with Crippen molar-refractivity contribution in [1.29, 1.82) is 0 Å². The number of rotatable bonds is 4. The van der Waals surface area contributed by atoms with Gasteiger partial charge in [0.15, 0.2) is 5.78 Å². The van der Waals surface area contributed by atoms with Gasteiger partial charge >= 0.3 is 29.6 Å². The summed E-state index contributed by atoms with van der Waals surface area (Å²) in [5.74, 6) is -0.800. The fourth-order valence-corrected chi connectivity index (χ4v) is 5.02. The van der Waals surface area contributed by atoms with Gasteiger partial charge in [-0.05, 0) is 54.3 Å². The average molecular weight is 511 g/mol. The third kappa shape index (κ3) is 4.27. The Morgan fingerprint density at radius 3 is 2.33 bits per heavy atom. The van der Waals surface area contributed by atoms with Crippen LogP contribution in [0.2, 0.25) is 0 Å². The topological polar surface area (TPSA) is 141 Å². The van der Waals surface area contributed by atoms with Crippen LogP contribution in [0, 0.1) is 0 Å². The number of ketones is 1. The van der Waals surface area contributed by atoms with Crippen molar-refractivity contribution in [3.05, 3.63) is 82.1 Å². The zero-order valence-electron chi connectivity index (χ0n) is 19.6. The summed E-state index contributed by atoms with van der Waals surface area (Å²) in [6.45, 7) is 1.25. The van der Waals surface area contributed by atoms with E-state index in [1.807, 2.05) is 0 Å². The van der Waals surface area contributed by atoms with Gasteiger partial charge in [-0.25, -0.2) is 0 Å². The van der Waals surface area contributed by atoms with Crippen molar-refractivity contribution in [2.45, 2.75) is 11.8 Å². The molecule has 1 heterocycles. The van der Waals surface area contributed by atoms with Gasteiger partial charge in [0.2, 0.25) is 0 Å². The van der Waals surface area contributed by atoms with Crippen LogP contribution in [0.1, 0.15) is 22.8 Å². The van der Waals surface area contributed by atoms with Crippen LogP contribution in [-0.2, 0) is 17.2 Å². The summed E-state index contributed by atoms with van der Waals surface area (Å²) in [6.07, 6.45) is 0. The van der Waals surface area contributed by atoms with Crippen molar-refractivity contribution in [2.24, 2.45) is 12.0 Å². The number of aromatic nitrogens is 1. The van der Waals surface area contributed by atoms with E-state index >= 15 is 0 Å². The third-order valence-electron chi connectivity index (χ3n) is 5.90. The SMILES string of the molecule is CC([O-])=Nc1ccc(S(=O)(=O)O)c(Nc2ccc3c4c(cc(=O)n3C)-c3ccccc3C(=O)c24)c1.[Na+]. The molecule has 1 aliphatic rings. The summed E-state index contributed by atoms with van der Waals surface area (Å²) in [4.78, 5) is 29.6. The van der Waals surface area contributed by atoms with Crippen LogP contribution in [0.5, 0.6) is 0 Å². The second kappa shape index (κ2) is 9.30. The number of hydrogen-bond donors (Lipinski definition) is 2. The van der Waals surface area contributed by atoms with Gasteiger partial charge < -0.3 is 15.0 Å². The van der Waals surface area contributed by atoms with Crippen molar-refractivity contribution in [1.82, 2.24) is 4.57 Å². The fraction of sp³-hybridized carbons (Fsp3) is 0.0800. The molecule has 0 aliphatic heterocycles. The van der Waals surface area contributed by atoms with E-state index in [1.165, 1.54) is 29.7 Å². The standard InChI is InChI=1S/C25H19N3O6S.Na/c1-13(29)26-14-7-10-21(35(32,33)34)19(11-14)27-18-8-9-20-23-17(12-22(30)28(20)2)15-5-3-4-6-16(15)25(31)24(18)23;/h3-12,27H,1-2H3,(H,26,29)(H,32,33,34);/q;+1/p-1. The molecule has 9 nitrogen and oxygen atoms in total. The molecule has 0 amide bonds. The molecule has 0 atom stereocenters. The number of aliphatic imine (C=N–C) groups is 1. The summed E-state index contributed by atoms with van der Waals surface area (Å²) in [6, 6.07) is 15.3. The smallest absolute Gasteiger partial charge is 0.862 e. The first-order valence-electron chi connectivity index (χ1n) is 10.5. The number of fused-ring (bicyclic) bond motifs is 2. The number of anilines is 2. The van der Waals surface area contributed by atoms with Crippen LogP contribution >= 0.6 is 0 Å². The minimum absolute atomic E-state index is 0. The van der Waals surface area contributed by atoms with Gasteiger partial charge in [0, 0.05) is 24.1 Å². The number of nitrogens with zero attached hydrogens (tertiary/aromatic N) is 2. The van der Waals surface area contributed by atoms with E-state index in [-0.39, 0.29) is 63.5 Å². The Morgan fingerprint density at radius 1 is 0.972 bits per heavy atom. The van der Waals surface area contributed by atoms with Gasteiger partial charge in [0.25, 0.3) is 15.7 Å². The Labute approximate surface area is 228 Å². The number of pyridine rings is 1. The van der Waals surface area contributed by atoms with E-state index in [1.54, 1.807) is 43.4 Å². The number of aryl methyl sites for hydroxylation is 1. The van der Waals surface area contributed by atoms with Crippen molar-refractivity contribution in [3.63, 3.8) is 0 Å². The van der Waals surface area contributed by atoms with Gasteiger partial charge in [-0.1, -0.05) is 24.3 Å². The predicted octanol–water partition coefficient (Wildman–Crippen LogP) is 0.154. The summed E-state index contributed by atoms with van der Waals surface area (Å²) >= 11 is 0. The monoisotopic (exact) mass is 511 g/mol. The zero-order chi connectivity index (χ0) is 25.1. The van der Waals surface area contributed by atoms with E-state index in [0.29, 0.717) is 27.6 Å². The number of nitrogens with one attached hydrogen (secondary N) is 1. The summed E-state index contributed by atoms with van der Waals surface area (Å²) in [5, 5.41) is 14.9. The van der Waals surface area contributed by atoms with Gasteiger partial charge in [-0.2, -0.15) is 8.42 Å². The number of benzene rings is 3. The maximum absolute atomic E-state index is 13.6. The Bertz CT molecular complexity index is 1770. The molecular formula is C25H18N3NaO6S. The molecule has 4 aromatic rings. The summed E-state index contributed by atoms with van der Waals surface area (Å²) in [7, 11) is -3.05. The van der Waals surface area contributed by atoms with E-state index in [2.05, 4.69) is 10.3 Å². The van der Waals surface area contributed by atoms with E-state index in [4.69, 9.17) is 0 Å². The van der Waals surface area contributed by atoms with Crippen LogP contribution < -0.4 is 45.5 Å². The molecule has 1 aliphatic carbocycles. The molecule has 11 heteroatoms. The maximum atomic E-state index is 13.6. The molecule has 0 bridgehead atoms. The molecule has 0 saturated heterocycles. The number of carbonyl (C=O) groups excluding carboxylic acids is 1. The molecule has 176 valence electrons. The van der Waals surface area contributed by atoms with Crippen LogP contribution in [0.15, 0.2) is 75.3 Å². The zero-order valence-corrected chi connectivity index (χ0v) is 22.4. The Hall–Kier alpha value is -3.28. The van der Waals surface area contributed by atoms with Gasteiger partial charge in [-0.3, -0.25) is 19.1 Å². The minimum atomic E-state index is -4.65. The fourth-order valence-electron chi connectivity index (χ4n) is 4.40. The van der Waals surface area contributed by atoms with Crippen molar-refractivity contribution in [2.75, 3.05) is 5.32 Å². The third-order valence-corrected chi connectivity index (χ3v) is 6.81. The van der Waals surface area contributed by atoms with E-state index in [9.17, 15) is 27.7 Å². The maximum Gasteiger partial charge on any atom is 1.00 e. The first-order chi connectivity index (χ1) is 16.6. The second-order valence-corrected chi connectivity index (χ2v) is 9.51. The predicted molar refractivity (Wildman–Crippen MR) is 130 cm³/mol. The van der Waals surface area contributed by atoms with E-state index in [0.717, 1.165) is 6.07 Å². The molecule has 5 rings (SSSR count). The van der Waals surface area contributed by atoms with Gasteiger partial charge in [0.1, 0.15) is 4.90 Å². The van der Waals surface area contributed by atoms with Crippen LogP contribution in [0.4, 0.5) is 17.1 Å². The van der Waals surface area contributed by atoms with Crippen molar-refractivity contribution in [3.8, 4) is 11.1 Å². The molecular weight excluding hydrogens is 493 g/mol. The van der Waals surface area contributed by atoms with E-state index < -0.39 is 20.9 Å². The first-order valence-corrected chi connectivity index (χ1v) is 11.9. The molecule has 3 aromatic carbocycles. The number of hydrogen-bond acceptors (Lipinski definition) is 7. The van der Waals surface area contributed by atoms with Crippen LogP contribution in [0.3, 0.4) is 0 Å². The molecule has 0 fully saturated rings. The van der Waals surface area contributed by atoms with Crippen molar-refractivity contribution < 1.29 is 52.4 Å². The number of carbonyl (C=O) groups is 1. The summed E-state index contributed by atoms with van der Waals surface area (Å²) in [5.41, 5.74) is 2.54. The Morgan fingerprint density at radius 2 is 1.67 bits per heavy atom. The molecule has 0 spiro atoms. The molecule has 2 N–H and O–H groups in total. The molecule has 0 saturated carbocycles. The van der Waals surface area contributed by atoms with Crippen molar-refractivity contribution >= 4 is 49.8 Å². The Kier molecular flexibility index (Phi) is 6.67. The molecule has 0 radical (unpaired) electrons. The first kappa shape index (κ1) is 25.8. The normalized spacial score (nSPS) is 12.8. The second-order valence-electron chi connectivity index (χ2n) is 8.12. The quantitative estimate of drug-likeness (QED) is 0.152. The molecule has 0 unspecified atom stereocenters. The van der Waals surface area contributed by atoms with Crippen LogP contribution in [0.25, 0.3) is 22.0 Å². The van der Waals surface area contributed by atoms with Gasteiger partial charge in [0.05, 0.1) is 28.1 Å². The molecule has 1 aromatic heterocycles. The minimum Gasteiger partial charge on any atom is -0.862 e. The van der Waals surface area contributed by atoms with Gasteiger partial charge in [-0.15, -0.1) is 0 Å². The largest absolute Gasteiger partial charge is 1.00 e. The summed E-state index contributed by atoms with van der Waals surface area (Å²) < 4.78 is 35.3. The Balaban J connectivity index is 0.00000304.